The zero-order valence-electron chi connectivity index (χ0n) is 22.3. The summed E-state index contributed by atoms with van der Waals surface area (Å²) in [5.41, 5.74) is -1.18. The van der Waals surface area contributed by atoms with Crippen molar-refractivity contribution in [1.82, 2.24) is 20.2 Å². The highest BCUT2D eigenvalue weighted by atomic mass is 19.3. The van der Waals surface area contributed by atoms with E-state index in [0.717, 1.165) is 6.42 Å². The first-order chi connectivity index (χ1) is 18.5. The number of ether oxygens (including phenoxy) is 2. The van der Waals surface area contributed by atoms with Gasteiger partial charge in [0.2, 0.25) is 5.91 Å². The van der Waals surface area contributed by atoms with Crippen LogP contribution >= 0.6 is 0 Å². The number of amides is 2. The van der Waals surface area contributed by atoms with Gasteiger partial charge in [-0.15, -0.1) is 0 Å². The highest BCUT2D eigenvalue weighted by molar-refractivity contribution is 5.90. The van der Waals surface area contributed by atoms with Crippen LogP contribution in [0.5, 0.6) is 5.75 Å². The molecule has 2 fully saturated rings. The van der Waals surface area contributed by atoms with E-state index in [1.807, 2.05) is 6.92 Å². The number of rotatable bonds is 11. The predicted molar refractivity (Wildman–Crippen MR) is 138 cm³/mol. The molecule has 2 aromatic rings. The lowest BCUT2D eigenvalue weighted by Crippen LogP contribution is -2.46. The summed E-state index contributed by atoms with van der Waals surface area (Å²) in [7, 11) is 1.46. The molecule has 4 rings (SSSR count). The minimum absolute atomic E-state index is 0.0683. The van der Waals surface area contributed by atoms with Crippen molar-refractivity contribution < 1.29 is 32.6 Å². The number of carbonyl (C=O) groups excluding carboxylic acids is 3. The number of benzene rings is 1. The number of H-pyrrole nitrogens is 1. The second-order valence-corrected chi connectivity index (χ2v) is 10.4. The first kappa shape index (κ1) is 28.4. The Kier molecular flexibility index (Phi) is 8.51. The Hall–Kier alpha value is -3.57. The molecule has 12 heteroatoms. The van der Waals surface area contributed by atoms with Gasteiger partial charge in [-0.1, -0.05) is 13.3 Å². The van der Waals surface area contributed by atoms with Crippen LogP contribution in [-0.2, 0) is 20.2 Å². The summed E-state index contributed by atoms with van der Waals surface area (Å²) >= 11 is 0. The SMILES string of the molecule is COc1ccc2nc(C(F)(F)CCCC[C@@H]3CC3OC(=O)NCC(=O)N3CC[C@@H](C)[C@H]3C(C)=O)c(=O)[nH]c2c1. The molecule has 2 aliphatic rings. The molecule has 1 aromatic carbocycles. The molecule has 10 nitrogen and oxygen atoms in total. The number of ketones is 1. The molecule has 0 spiro atoms. The van der Waals surface area contributed by atoms with Crippen LogP contribution in [0.2, 0.25) is 0 Å². The van der Waals surface area contributed by atoms with Gasteiger partial charge in [0, 0.05) is 19.0 Å². The van der Waals surface area contributed by atoms with Crippen molar-refractivity contribution >= 4 is 28.8 Å². The molecule has 1 aromatic heterocycles. The number of hydrogen-bond acceptors (Lipinski definition) is 7. The topological polar surface area (TPSA) is 131 Å². The molecule has 2 amide bonds. The Morgan fingerprint density at radius 2 is 2.03 bits per heavy atom. The standard InChI is InChI=1S/C27H34F2N4O6/c1-15-9-11-33(23(15)16(2)34)22(35)14-30-26(37)39-21-12-17(21)6-4-5-10-27(28,29)24-25(36)32-20-13-18(38-3)7-8-19(20)31-24/h7-8,13,15,17,21,23H,4-6,9-12,14H2,1-3H3,(H,30,37)(H,32,36)/t15-,17-,21?,23+/m1/s1. The average molecular weight is 549 g/mol. The first-order valence-corrected chi connectivity index (χ1v) is 13.2. The predicted octanol–water partition coefficient (Wildman–Crippen LogP) is 3.52. The number of likely N-dealkylation sites (tertiary alicyclic amines) is 1. The minimum Gasteiger partial charge on any atom is -0.497 e. The zero-order valence-corrected chi connectivity index (χ0v) is 22.3. The number of hydrogen-bond donors (Lipinski definition) is 2. The maximum atomic E-state index is 14.8. The quantitative estimate of drug-likeness (QED) is 0.411. The van der Waals surface area contributed by atoms with Gasteiger partial charge in [0.15, 0.2) is 11.5 Å². The van der Waals surface area contributed by atoms with E-state index >= 15 is 0 Å². The lowest BCUT2D eigenvalue weighted by Gasteiger charge is -2.24. The van der Waals surface area contributed by atoms with Gasteiger partial charge in [-0.3, -0.25) is 14.4 Å². The van der Waals surface area contributed by atoms with E-state index in [-0.39, 0.29) is 48.1 Å². The van der Waals surface area contributed by atoms with Crippen LogP contribution in [0.15, 0.2) is 23.0 Å². The van der Waals surface area contributed by atoms with Crippen molar-refractivity contribution in [3.63, 3.8) is 0 Å². The molecule has 1 saturated heterocycles. The van der Waals surface area contributed by atoms with Gasteiger partial charge in [-0.2, -0.15) is 8.78 Å². The number of nitrogens with zero attached hydrogens (tertiary/aromatic N) is 2. The molecule has 0 radical (unpaired) electrons. The maximum absolute atomic E-state index is 14.8. The van der Waals surface area contributed by atoms with Gasteiger partial charge < -0.3 is 24.7 Å². The Bertz CT molecular complexity index is 1300. The Morgan fingerprint density at radius 1 is 1.26 bits per heavy atom. The third kappa shape index (κ3) is 6.72. The molecule has 1 aliphatic heterocycles. The molecular weight excluding hydrogens is 514 g/mol. The fourth-order valence-corrected chi connectivity index (χ4v) is 5.26. The van der Waals surface area contributed by atoms with E-state index < -0.39 is 35.7 Å². The maximum Gasteiger partial charge on any atom is 0.407 e. The number of aromatic nitrogens is 2. The van der Waals surface area contributed by atoms with Crippen LogP contribution in [0, 0.1) is 11.8 Å². The summed E-state index contributed by atoms with van der Waals surface area (Å²) in [5.74, 6) is -3.16. The molecule has 4 atom stereocenters. The van der Waals surface area contributed by atoms with Crippen molar-refractivity contribution in [1.29, 1.82) is 0 Å². The van der Waals surface area contributed by atoms with Gasteiger partial charge in [0.1, 0.15) is 18.4 Å². The average Bonchev–Trinajstić information content (AvgIpc) is 3.50. The van der Waals surface area contributed by atoms with Crippen LogP contribution in [0.3, 0.4) is 0 Å². The lowest BCUT2D eigenvalue weighted by molar-refractivity contribution is -0.136. The fourth-order valence-electron chi connectivity index (χ4n) is 5.26. The van der Waals surface area contributed by atoms with E-state index in [1.165, 1.54) is 31.1 Å². The van der Waals surface area contributed by atoms with E-state index in [0.29, 0.717) is 37.1 Å². The summed E-state index contributed by atoms with van der Waals surface area (Å²) < 4.78 is 40.0. The summed E-state index contributed by atoms with van der Waals surface area (Å²) in [5, 5.41) is 2.45. The summed E-state index contributed by atoms with van der Waals surface area (Å²) in [6.45, 7) is 3.61. The van der Waals surface area contributed by atoms with Gasteiger partial charge >= 0.3 is 6.09 Å². The monoisotopic (exact) mass is 548 g/mol. The lowest BCUT2D eigenvalue weighted by atomic mass is 10.00. The number of alkyl halides is 2. The Labute approximate surface area is 224 Å². The number of halogens is 2. The number of nitrogens with one attached hydrogen (secondary N) is 2. The number of aromatic amines is 1. The highest BCUT2D eigenvalue weighted by Gasteiger charge is 2.41. The molecule has 0 bridgehead atoms. The summed E-state index contributed by atoms with van der Waals surface area (Å²) in [6.07, 6.45) is 1.05. The normalized spacial score (nSPS) is 22.5. The molecule has 2 heterocycles. The molecule has 1 unspecified atom stereocenters. The van der Waals surface area contributed by atoms with Crippen LogP contribution in [0.4, 0.5) is 13.6 Å². The second-order valence-electron chi connectivity index (χ2n) is 10.4. The molecule has 39 heavy (non-hydrogen) atoms. The van der Waals surface area contributed by atoms with Crippen LogP contribution in [0.1, 0.15) is 58.1 Å². The number of methoxy groups -OCH3 is 1. The second kappa shape index (κ2) is 11.7. The van der Waals surface area contributed by atoms with Crippen molar-refractivity contribution in [3.8, 4) is 5.75 Å². The smallest absolute Gasteiger partial charge is 0.407 e. The van der Waals surface area contributed by atoms with E-state index in [1.54, 1.807) is 6.07 Å². The van der Waals surface area contributed by atoms with Gasteiger partial charge in [0.05, 0.1) is 24.2 Å². The molecular formula is C27H34F2N4O6. The summed E-state index contributed by atoms with van der Waals surface area (Å²) in [4.78, 5) is 56.5. The highest BCUT2D eigenvalue weighted by Crippen LogP contribution is 2.39. The fraction of sp³-hybridized carbons (Fsp3) is 0.593. The Morgan fingerprint density at radius 3 is 2.74 bits per heavy atom. The number of fused-ring (bicyclic) bond motifs is 1. The third-order valence-corrected chi connectivity index (χ3v) is 7.50. The van der Waals surface area contributed by atoms with Crippen LogP contribution in [0.25, 0.3) is 11.0 Å². The van der Waals surface area contributed by atoms with Gasteiger partial charge in [0.25, 0.3) is 11.5 Å². The molecule has 212 valence electrons. The van der Waals surface area contributed by atoms with Crippen LogP contribution in [-0.4, -0.2) is 65.0 Å². The Balaban J connectivity index is 1.17. The molecule has 1 saturated carbocycles. The van der Waals surface area contributed by atoms with Crippen molar-refractivity contribution in [2.45, 2.75) is 70.4 Å². The molecule has 1 aliphatic carbocycles. The van der Waals surface area contributed by atoms with Crippen LogP contribution < -0.4 is 15.6 Å². The number of Topliss-reactive ketones (excluding diaryl/α,β-unsaturated/α-hetero) is 1. The molecule has 2 N–H and O–H groups in total. The van der Waals surface area contributed by atoms with Crippen molar-refractivity contribution in [3.05, 3.63) is 34.2 Å². The summed E-state index contributed by atoms with van der Waals surface area (Å²) in [6, 6.07) is 4.16. The van der Waals surface area contributed by atoms with E-state index in [4.69, 9.17) is 9.47 Å². The first-order valence-electron chi connectivity index (χ1n) is 13.2. The number of alkyl carbamates (subject to hydrolysis) is 1. The third-order valence-electron chi connectivity index (χ3n) is 7.50. The van der Waals surface area contributed by atoms with Crippen molar-refractivity contribution in [2.75, 3.05) is 20.2 Å². The minimum atomic E-state index is -3.39. The van der Waals surface area contributed by atoms with Crippen molar-refractivity contribution in [2.24, 2.45) is 11.8 Å². The van der Waals surface area contributed by atoms with Gasteiger partial charge in [-0.25, -0.2) is 9.78 Å². The largest absolute Gasteiger partial charge is 0.497 e. The number of unbranched alkanes of at least 4 members (excludes halogenated alkanes) is 1. The zero-order chi connectivity index (χ0) is 28.3. The van der Waals surface area contributed by atoms with E-state index in [2.05, 4.69) is 15.3 Å². The van der Waals surface area contributed by atoms with Gasteiger partial charge in [-0.05, 0) is 56.6 Å². The number of carbonyl (C=O) groups is 3. The van der Waals surface area contributed by atoms with E-state index in [9.17, 15) is 28.0 Å².